The number of rotatable bonds is 4. The van der Waals surface area contributed by atoms with Crippen molar-refractivity contribution in [2.24, 2.45) is 5.92 Å². The molecule has 0 aromatic heterocycles. The molecule has 0 saturated carbocycles. The summed E-state index contributed by atoms with van der Waals surface area (Å²) >= 11 is 0. The molecule has 0 aromatic carbocycles. The summed E-state index contributed by atoms with van der Waals surface area (Å²) < 4.78 is 13.4. The highest BCUT2D eigenvalue weighted by molar-refractivity contribution is 4.79. The summed E-state index contributed by atoms with van der Waals surface area (Å²) in [5.74, 6) is 0.202. The van der Waals surface area contributed by atoms with Crippen LogP contribution in [0.15, 0.2) is 0 Å². The molecule has 2 atom stereocenters. The van der Waals surface area contributed by atoms with Crippen LogP contribution in [-0.4, -0.2) is 43.8 Å². The molecule has 1 aliphatic rings. The lowest BCUT2D eigenvalue weighted by molar-refractivity contribution is 0.131. The summed E-state index contributed by atoms with van der Waals surface area (Å²) in [6.45, 7) is 8.91. The van der Waals surface area contributed by atoms with Crippen LogP contribution in [0.3, 0.4) is 0 Å². The predicted octanol–water partition coefficient (Wildman–Crippen LogP) is 1.28. The largest absolute Gasteiger partial charge is 0.316 e. The second-order valence-electron chi connectivity index (χ2n) is 3.75. The second-order valence-corrected chi connectivity index (χ2v) is 3.75. The Balaban J connectivity index is 2.32. The number of hydrogen-bond donors (Lipinski definition) is 1. The van der Waals surface area contributed by atoms with Crippen LogP contribution < -0.4 is 5.32 Å². The molecule has 1 N–H and O–H groups in total. The first-order valence-electron chi connectivity index (χ1n) is 5.35. The van der Waals surface area contributed by atoms with E-state index < -0.39 is 6.17 Å². The van der Waals surface area contributed by atoms with E-state index in [1.54, 1.807) is 0 Å². The van der Waals surface area contributed by atoms with Gasteiger partial charge in [-0.05, 0) is 26.1 Å². The zero-order valence-corrected chi connectivity index (χ0v) is 8.72. The van der Waals surface area contributed by atoms with Crippen LogP contribution in [0.2, 0.25) is 0 Å². The van der Waals surface area contributed by atoms with E-state index >= 15 is 0 Å². The highest BCUT2D eigenvalue weighted by atomic mass is 19.1. The molecule has 1 rings (SSSR count). The molecule has 1 aliphatic heterocycles. The van der Waals surface area contributed by atoms with Crippen molar-refractivity contribution in [3.8, 4) is 0 Å². The van der Waals surface area contributed by atoms with E-state index in [2.05, 4.69) is 24.1 Å². The molecule has 0 radical (unpaired) electrons. The fraction of sp³-hybridized carbons (Fsp3) is 1.00. The van der Waals surface area contributed by atoms with Gasteiger partial charge < -0.3 is 10.2 Å². The van der Waals surface area contributed by atoms with Crippen molar-refractivity contribution in [3.05, 3.63) is 0 Å². The summed E-state index contributed by atoms with van der Waals surface area (Å²) in [7, 11) is 0. The van der Waals surface area contributed by atoms with Crippen molar-refractivity contribution >= 4 is 0 Å². The highest BCUT2D eigenvalue weighted by Gasteiger charge is 2.25. The molecule has 2 unspecified atom stereocenters. The topological polar surface area (TPSA) is 15.3 Å². The first-order valence-corrected chi connectivity index (χ1v) is 5.35. The Morgan fingerprint density at radius 3 is 2.62 bits per heavy atom. The normalized spacial score (nSPS) is 29.5. The van der Waals surface area contributed by atoms with Crippen LogP contribution in [0.1, 0.15) is 20.3 Å². The third-order valence-electron chi connectivity index (χ3n) is 2.90. The van der Waals surface area contributed by atoms with Crippen molar-refractivity contribution in [2.75, 3.05) is 32.7 Å². The summed E-state index contributed by atoms with van der Waals surface area (Å²) in [5.41, 5.74) is 0. The SMILES string of the molecule is CCN(CC)CC1CNCCC1F. The fourth-order valence-electron chi connectivity index (χ4n) is 1.88. The molecule has 78 valence electrons. The fourth-order valence-corrected chi connectivity index (χ4v) is 1.88. The third-order valence-corrected chi connectivity index (χ3v) is 2.90. The van der Waals surface area contributed by atoms with Gasteiger partial charge in [-0.2, -0.15) is 0 Å². The van der Waals surface area contributed by atoms with Crippen LogP contribution in [0.25, 0.3) is 0 Å². The minimum absolute atomic E-state index is 0.202. The van der Waals surface area contributed by atoms with Gasteiger partial charge in [-0.1, -0.05) is 13.8 Å². The Morgan fingerprint density at radius 2 is 2.08 bits per heavy atom. The van der Waals surface area contributed by atoms with E-state index in [1.807, 2.05) is 0 Å². The molecule has 0 bridgehead atoms. The predicted molar refractivity (Wildman–Crippen MR) is 53.7 cm³/mol. The van der Waals surface area contributed by atoms with E-state index in [4.69, 9.17) is 0 Å². The quantitative estimate of drug-likeness (QED) is 0.715. The van der Waals surface area contributed by atoms with Gasteiger partial charge in [0.25, 0.3) is 0 Å². The zero-order chi connectivity index (χ0) is 9.68. The molecule has 0 spiro atoms. The molecule has 3 heteroatoms. The molecular weight excluding hydrogens is 167 g/mol. The number of piperidine rings is 1. The number of hydrogen-bond acceptors (Lipinski definition) is 2. The maximum absolute atomic E-state index is 13.4. The maximum atomic E-state index is 13.4. The second kappa shape index (κ2) is 5.55. The molecule has 2 nitrogen and oxygen atoms in total. The standard InChI is InChI=1S/C10H21FN2/c1-3-13(4-2)8-9-7-12-6-5-10(9)11/h9-10,12H,3-8H2,1-2H3. The van der Waals surface area contributed by atoms with Gasteiger partial charge in [-0.3, -0.25) is 0 Å². The van der Waals surface area contributed by atoms with Crippen molar-refractivity contribution in [1.29, 1.82) is 0 Å². The van der Waals surface area contributed by atoms with Crippen LogP contribution in [-0.2, 0) is 0 Å². The van der Waals surface area contributed by atoms with Crippen molar-refractivity contribution < 1.29 is 4.39 Å². The van der Waals surface area contributed by atoms with Gasteiger partial charge in [0.15, 0.2) is 0 Å². The smallest absolute Gasteiger partial charge is 0.107 e. The van der Waals surface area contributed by atoms with Crippen LogP contribution in [0.5, 0.6) is 0 Å². The number of nitrogens with one attached hydrogen (secondary N) is 1. The molecule has 1 heterocycles. The Hall–Kier alpha value is -0.150. The van der Waals surface area contributed by atoms with E-state index in [9.17, 15) is 4.39 Å². The summed E-state index contributed by atoms with van der Waals surface area (Å²) in [4.78, 5) is 2.30. The summed E-state index contributed by atoms with van der Waals surface area (Å²) in [6.07, 6.45) is 0.0909. The zero-order valence-electron chi connectivity index (χ0n) is 8.72. The third kappa shape index (κ3) is 3.24. The average molecular weight is 188 g/mol. The molecule has 0 amide bonds. The molecule has 13 heavy (non-hydrogen) atoms. The highest BCUT2D eigenvalue weighted by Crippen LogP contribution is 2.16. The van der Waals surface area contributed by atoms with Gasteiger partial charge in [0.2, 0.25) is 0 Å². The first-order chi connectivity index (χ1) is 6.27. The van der Waals surface area contributed by atoms with Gasteiger partial charge in [0.1, 0.15) is 6.17 Å². The lowest BCUT2D eigenvalue weighted by atomic mass is 9.97. The van der Waals surface area contributed by atoms with Crippen molar-refractivity contribution in [3.63, 3.8) is 0 Å². The maximum Gasteiger partial charge on any atom is 0.107 e. The van der Waals surface area contributed by atoms with E-state index in [-0.39, 0.29) is 5.92 Å². The Kier molecular flexibility index (Phi) is 4.67. The lowest BCUT2D eigenvalue weighted by Gasteiger charge is -2.31. The minimum Gasteiger partial charge on any atom is -0.316 e. The number of nitrogens with zero attached hydrogens (tertiary/aromatic N) is 1. The monoisotopic (exact) mass is 188 g/mol. The molecule has 0 aliphatic carbocycles. The van der Waals surface area contributed by atoms with Gasteiger partial charge in [-0.25, -0.2) is 4.39 Å². The van der Waals surface area contributed by atoms with Crippen molar-refractivity contribution in [1.82, 2.24) is 10.2 Å². The van der Waals surface area contributed by atoms with E-state index in [1.165, 1.54) is 0 Å². The van der Waals surface area contributed by atoms with Gasteiger partial charge in [0, 0.05) is 19.0 Å². The molecule has 0 aromatic rings. The van der Waals surface area contributed by atoms with E-state index in [0.29, 0.717) is 6.42 Å². The van der Waals surface area contributed by atoms with Crippen LogP contribution in [0.4, 0.5) is 4.39 Å². The van der Waals surface area contributed by atoms with Gasteiger partial charge >= 0.3 is 0 Å². The summed E-state index contributed by atoms with van der Waals surface area (Å²) in [6, 6.07) is 0. The Bertz CT molecular complexity index is 137. The van der Waals surface area contributed by atoms with Crippen LogP contribution in [0, 0.1) is 5.92 Å². The van der Waals surface area contributed by atoms with Gasteiger partial charge in [-0.15, -0.1) is 0 Å². The Morgan fingerprint density at radius 1 is 1.38 bits per heavy atom. The average Bonchev–Trinajstić information content (AvgIpc) is 2.17. The molecule has 1 fully saturated rings. The van der Waals surface area contributed by atoms with E-state index in [0.717, 1.165) is 32.7 Å². The Labute approximate surface area is 80.5 Å². The number of alkyl halides is 1. The first kappa shape index (κ1) is 10.9. The molecular formula is C10H21FN2. The van der Waals surface area contributed by atoms with Gasteiger partial charge in [0.05, 0.1) is 0 Å². The summed E-state index contributed by atoms with van der Waals surface area (Å²) in [5, 5.41) is 3.25. The number of halogens is 1. The lowest BCUT2D eigenvalue weighted by Crippen LogP contribution is -2.44. The molecule has 1 saturated heterocycles. The minimum atomic E-state index is -0.596. The van der Waals surface area contributed by atoms with Crippen LogP contribution >= 0.6 is 0 Å². The van der Waals surface area contributed by atoms with Crippen molar-refractivity contribution in [2.45, 2.75) is 26.4 Å².